The van der Waals surface area contributed by atoms with E-state index in [0.29, 0.717) is 11.7 Å². The molecule has 0 fully saturated rings. The van der Waals surface area contributed by atoms with Crippen molar-refractivity contribution in [3.63, 3.8) is 0 Å². The maximum Gasteiger partial charge on any atom is 0.387 e. The molecule has 6 nitrogen and oxygen atoms in total. The highest BCUT2D eigenvalue weighted by molar-refractivity contribution is 7.99. The molecule has 3 rings (SSSR count). The maximum absolute atomic E-state index is 12.6. The van der Waals surface area contributed by atoms with Crippen LogP contribution < -0.4 is 4.74 Å². The molecule has 0 saturated heterocycles. The predicted octanol–water partition coefficient (Wildman–Crippen LogP) is 5.13. The Balaban J connectivity index is 1.57. The molecule has 1 heterocycles. The minimum absolute atomic E-state index is 0.0769. The zero-order valence-electron chi connectivity index (χ0n) is 19.4. The minimum Gasteiger partial charge on any atom is -0.435 e. The van der Waals surface area contributed by atoms with Crippen LogP contribution in [0.25, 0.3) is 11.4 Å². The van der Waals surface area contributed by atoms with E-state index in [-0.39, 0.29) is 22.8 Å². The first-order valence-corrected chi connectivity index (χ1v) is 11.4. The van der Waals surface area contributed by atoms with Gasteiger partial charge in [-0.3, -0.25) is 4.79 Å². The smallest absolute Gasteiger partial charge is 0.387 e. The van der Waals surface area contributed by atoms with Crippen LogP contribution in [-0.4, -0.2) is 45.0 Å². The van der Waals surface area contributed by atoms with Crippen molar-refractivity contribution in [3.8, 4) is 17.1 Å². The van der Waals surface area contributed by atoms with E-state index in [1.807, 2.05) is 23.7 Å². The summed E-state index contributed by atoms with van der Waals surface area (Å²) in [6.45, 7) is 4.01. The van der Waals surface area contributed by atoms with E-state index in [4.69, 9.17) is 0 Å². The highest BCUT2D eigenvalue weighted by Gasteiger charge is 2.17. The number of alkyl halides is 2. The van der Waals surface area contributed by atoms with Crippen molar-refractivity contribution in [1.29, 1.82) is 0 Å². The van der Waals surface area contributed by atoms with Gasteiger partial charge in [0, 0.05) is 26.2 Å². The summed E-state index contributed by atoms with van der Waals surface area (Å²) < 4.78 is 30.7. The third-order valence-corrected chi connectivity index (χ3v) is 6.17. The first-order valence-electron chi connectivity index (χ1n) is 10.5. The Hall–Kier alpha value is -2.94. The first kappa shape index (κ1) is 24.7. The van der Waals surface area contributed by atoms with Crippen LogP contribution in [0, 0.1) is 0 Å². The Kier molecular flexibility index (Phi) is 7.73. The quantitative estimate of drug-likeness (QED) is 0.424. The molecule has 1 aromatic heterocycles. The van der Waals surface area contributed by atoms with Gasteiger partial charge >= 0.3 is 6.61 Å². The Bertz CT molecular complexity index is 1080. The van der Waals surface area contributed by atoms with Crippen LogP contribution in [0.5, 0.6) is 5.75 Å². The SMILES string of the molecule is CN(Cc1ccc(OC(F)F)cc1)C(=O)CSc1nnc(-c2ccc(C(C)(C)C)cc2)n1C. The summed E-state index contributed by atoms with van der Waals surface area (Å²) in [5.74, 6) is 0.958. The van der Waals surface area contributed by atoms with Gasteiger partial charge in [-0.25, -0.2) is 0 Å². The van der Waals surface area contributed by atoms with Gasteiger partial charge in [0.05, 0.1) is 5.75 Å². The second-order valence-electron chi connectivity index (χ2n) is 8.75. The van der Waals surface area contributed by atoms with Crippen LogP contribution in [0.1, 0.15) is 31.9 Å². The number of benzene rings is 2. The molecule has 3 aromatic rings. The van der Waals surface area contributed by atoms with E-state index in [9.17, 15) is 13.6 Å². The second-order valence-corrected chi connectivity index (χ2v) is 9.70. The maximum atomic E-state index is 12.6. The van der Waals surface area contributed by atoms with Gasteiger partial charge in [-0.15, -0.1) is 10.2 Å². The highest BCUT2D eigenvalue weighted by atomic mass is 32.2. The lowest BCUT2D eigenvalue weighted by Gasteiger charge is -2.19. The molecule has 0 bridgehead atoms. The molecule has 0 aliphatic rings. The molecule has 0 aliphatic heterocycles. The zero-order chi connectivity index (χ0) is 24.2. The second kappa shape index (κ2) is 10.3. The van der Waals surface area contributed by atoms with Crippen molar-refractivity contribution in [1.82, 2.24) is 19.7 Å². The van der Waals surface area contributed by atoms with E-state index in [1.54, 1.807) is 24.1 Å². The summed E-state index contributed by atoms with van der Waals surface area (Å²) in [6.07, 6.45) is 0. The van der Waals surface area contributed by atoms with E-state index >= 15 is 0 Å². The fourth-order valence-corrected chi connectivity index (χ4v) is 4.04. The lowest BCUT2D eigenvalue weighted by molar-refractivity contribution is -0.127. The molecule has 0 N–H and O–H groups in total. The molecular formula is C24H28F2N4O2S. The molecule has 9 heteroatoms. The van der Waals surface area contributed by atoms with Gasteiger partial charge < -0.3 is 14.2 Å². The first-order chi connectivity index (χ1) is 15.5. The average molecular weight is 475 g/mol. The molecule has 0 aliphatic carbocycles. The van der Waals surface area contributed by atoms with Gasteiger partial charge in [0.15, 0.2) is 11.0 Å². The molecule has 0 radical (unpaired) electrons. The number of rotatable bonds is 8. The topological polar surface area (TPSA) is 60.2 Å². The van der Waals surface area contributed by atoms with Gasteiger partial charge in [0.2, 0.25) is 5.91 Å². The van der Waals surface area contributed by atoms with Gasteiger partial charge in [-0.2, -0.15) is 8.78 Å². The summed E-state index contributed by atoms with van der Waals surface area (Å²) in [5, 5.41) is 9.19. The summed E-state index contributed by atoms with van der Waals surface area (Å²) in [5.41, 5.74) is 3.10. The number of ether oxygens (including phenoxy) is 1. The number of carbonyl (C=O) groups excluding carboxylic acids is 1. The fourth-order valence-electron chi connectivity index (χ4n) is 3.19. The molecule has 0 atom stereocenters. The van der Waals surface area contributed by atoms with Gasteiger partial charge in [0.1, 0.15) is 5.75 Å². The van der Waals surface area contributed by atoms with Crippen molar-refractivity contribution in [2.75, 3.05) is 12.8 Å². The number of aromatic nitrogens is 3. The molecule has 0 unspecified atom stereocenters. The minimum atomic E-state index is -2.86. The number of thioether (sulfide) groups is 1. The third-order valence-electron chi connectivity index (χ3n) is 5.16. The molecular weight excluding hydrogens is 446 g/mol. The monoisotopic (exact) mass is 474 g/mol. The number of hydrogen-bond acceptors (Lipinski definition) is 5. The molecule has 0 spiro atoms. The molecule has 2 aromatic carbocycles. The van der Waals surface area contributed by atoms with Crippen LogP contribution >= 0.6 is 11.8 Å². The molecule has 1 amide bonds. The summed E-state index contributed by atoms with van der Waals surface area (Å²) >= 11 is 1.32. The number of hydrogen-bond donors (Lipinski definition) is 0. The van der Waals surface area contributed by atoms with Crippen molar-refractivity contribution >= 4 is 17.7 Å². The van der Waals surface area contributed by atoms with Gasteiger partial charge in [-0.1, -0.05) is 68.9 Å². The Morgan fingerprint density at radius 1 is 1.09 bits per heavy atom. The molecule has 176 valence electrons. The predicted molar refractivity (Wildman–Crippen MR) is 125 cm³/mol. The van der Waals surface area contributed by atoms with E-state index < -0.39 is 6.61 Å². The van der Waals surface area contributed by atoms with Crippen LogP contribution in [0.3, 0.4) is 0 Å². The number of carbonyl (C=O) groups is 1. The number of amides is 1. The number of halogens is 2. The van der Waals surface area contributed by atoms with E-state index in [2.05, 4.69) is 47.8 Å². The number of nitrogens with zero attached hydrogens (tertiary/aromatic N) is 4. The summed E-state index contributed by atoms with van der Waals surface area (Å²) in [4.78, 5) is 14.2. The van der Waals surface area contributed by atoms with Crippen molar-refractivity contribution in [2.24, 2.45) is 7.05 Å². The van der Waals surface area contributed by atoms with Gasteiger partial charge in [0.25, 0.3) is 0 Å². The largest absolute Gasteiger partial charge is 0.435 e. The highest BCUT2D eigenvalue weighted by Crippen LogP contribution is 2.27. The van der Waals surface area contributed by atoms with Crippen LogP contribution in [0.4, 0.5) is 8.78 Å². The van der Waals surface area contributed by atoms with Crippen molar-refractivity contribution in [3.05, 3.63) is 59.7 Å². The average Bonchev–Trinajstić information content (AvgIpc) is 3.12. The Morgan fingerprint density at radius 3 is 2.30 bits per heavy atom. The van der Waals surface area contributed by atoms with Crippen LogP contribution in [0.15, 0.2) is 53.7 Å². The molecule has 0 saturated carbocycles. The lowest BCUT2D eigenvalue weighted by atomic mass is 9.87. The Labute approximate surface area is 197 Å². The van der Waals surface area contributed by atoms with E-state index in [1.165, 1.54) is 29.5 Å². The summed E-state index contributed by atoms with van der Waals surface area (Å²) in [6, 6.07) is 14.5. The summed E-state index contributed by atoms with van der Waals surface area (Å²) in [7, 11) is 3.58. The van der Waals surface area contributed by atoms with Crippen LogP contribution in [0.2, 0.25) is 0 Å². The van der Waals surface area contributed by atoms with Crippen LogP contribution in [-0.2, 0) is 23.8 Å². The van der Waals surface area contributed by atoms with Gasteiger partial charge in [-0.05, 0) is 28.7 Å². The van der Waals surface area contributed by atoms with E-state index in [0.717, 1.165) is 17.0 Å². The zero-order valence-corrected chi connectivity index (χ0v) is 20.2. The Morgan fingerprint density at radius 2 is 1.73 bits per heavy atom. The van der Waals surface area contributed by atoms with Crippen molar-refractivity contribution < 1.29 is 18.3 Å². The third kappa shape index (κ3) is 6.54. The van der Waals surface area contributed by atoms with Crippen molar-refractivity contribution in [2.45, 2.75) is 44.5 Å². The normalized spacial score (nSPS) is 11.6. The lowest BCUT2D eigenvalue weighted by Crippen LogP contribution is -2.27. The molecule has 33 heavy (non-hydrogen) atoms. The standard InChI is InChI=1S/C24H28F2N4O2S/c1-24(2,3)18-10-8-17(9-11-18)21-27-28-23(30(21)5)33-15-20(31)29(4)14-16-6-12-19(13-7-16)32-22(25)26/h6-13,22H,14-15H2,1-5H3. The fraction of sp³-hybridized carbons (Fsp3) is 0.375.